The molecule has 1 aromatic carbocycles. The number of ether oxygens (including phenoxy) is 1. The minimum absolute atomic E-state index is 0.0192. The molecule has 0 radical (unpaired) electrons. The van der Waals surface area contributed by atoms with Gasteiger partial charge in [0.25, 0.3) is 5.91 Å². The first-order valence-corrected chi connectivity index (χ1v) is 10.2. The van der Waals surface area contributed by atoms with Gasteiger partial charge >= 0.3 is 0 Å². The second-order valence-corrected chi connectivity index (χ2v) is 7.34. The number of benzene rings is 1. The number of amides is 1. The van der Waals surface area contributed by atoms with E-state index in [0.717, 1.165) is 49.0 Å². The van der Waals surface area contributed by atoms with Crippen LogP contribution < -0.4 is 10.1 Å². The summed E-state index contributed by atoms with van der Waals surface area (Å²) in [6.45, 7) is 3.73. The highest BCUT2D eigenvalue weighted by Crippen LogP contribution is 2.18. The molecule has 3 rings (SSSR count). The number of nitrogens with one attached hydrogen (secondary N) is 1. The number of rotatable bonds is 8. The second-order valence-electron chi connectivity index (χ2n) is 6.12. The van der Waals surface area contributed by atoms with E-state index >= 15 is 0 Å². The highest BCUT2D eigenvalue weighted by atomic mass is 32.2. The van der Waals surface area contributed by atoms with Gasteiger partial charge in [0.2, 0.25) is 0 Å². The molecular formula is C19H25N5O2S. The fourth-order valence-corrected chi connectivity index (χ4v) is 3.71. The minimum atomic E-state index is -0.0192. The van der Waals surface area contributed by atoms with Crippen molar-refractivity contribution in [3.63, 3.8) is 0 Å². The zero-order chi connectivity index (χ0) is 18.9. The first-order valence-electron chi connectivity index (χ1n) is 9.05. The molecule has 8 heteroatoms. The van der Waals surface area contributed by atoms with Crippen LogP contribution in [0.2, 0.25) is 0 Å². The number of carbonyl (C=O) groups is 1. The van der Waals surface area contributed by atoms with Gasteiger partial charge in [0, 0.05) is 43.2 Å². The van der Waals surface area contributed by atoms with Crippen molar-refractivity contribution >= 4 is 23.7 Å². The molecule has 0 atom stereocenters. The Morgan fingerprint density at radius 2 is 2.15 bits per heavy atom. The molecule has 1 fully saturated rings. The van der Waals surface area contributed by atoms with Crippen molar-refractivity contribution in [3.8, 4) is 5.75 Å². The van der Waals surface area contributed by atoms with Gasteiger partial charge < -0.3 is 15.0 Å². The Morgan fingerprint density at radius 1 is 1.33 bits per heavy atom. The van der Waals surface area contributed by atoms with Crippen molar-refractivity contribution in [1.82, 2.24) is 25.2 Å². The summed E-state index contributed by atoms with van der Waals surface area (Å²) in [5.74, 6) is 2.83. The average molecular weight is 388 g/mol. The van der Waals surface area contributed by atoms with E-state index < -0.39 is 0 Å². The van der Waals surface area contributed by atoms with E-state index in [2.05, 4.69) is 21.7 Å². The number of hydrogen-bond acceptors (Lipinski definition) is 6. The first-order chi connectivity index (χ1) is 13.3. The summed E-state index contributed by atoms with van der Waals surface area (Å²) in [7, 11) is 1.67. The monoisotopic (exact) mass is 387 g/mol. The molecule has 0 saturated carbocycles. The van der Waals surface area contributed by atoms with Gasteiger partial charge in [-0.3, -0.25) is 9.48 Å². The van der Waals surface area contributed by atoms with E-state index in [0.29, 0.717) is 12.2 Å². The number of para-hydroxylation sites is 1. The van der Waals surface area contributed by atoms with Gasteiger partial charge in [0.05, 0.1) is 19.9 Å². The quantitative estimate of drug-likeness (QED) is 0.696. The summed E-state index contributed by atoms with van der Waals surface area (Å²) in [6.07, 6.45) is 5.83. The summed E-state index contributed by atoms with van der Waals surface area (Å²) < 4.78 is 7.04. The summed E-state index contributed by atoms with van der Waals surface area (Å²) in [6, 6.07) is 7.90. The topological polar surface area (TPSA) is 72.3 Å². The van der Waals surface area contributed by atoms with Gasteiger partial charge in [-0.15, -0.1) is 5.10 Å². The molecule has 1 N–H and O–H groups in total. The summed E-state index contributed by atoms with van der Waals surface area (Å²) in [4.78, 5) is 14.2. The Bertz CT molecular complexity index is 771. The Balaban J connectivity index is 1.40. The van der Waals surface area contributed by atoms with Crippen LogP contribution in [0, 0.1) is 0 Å². The zero-order valence-corrected chi connectivity index (χ0v) is 16.3. The highest BCUT2D eigenvalue weighted by molar-refractivity contribution is 7.99. The third-order valence-corrected chi connectivity index (χ3v) is 5.21. The number of aromatic nitrogens is 3. The minimum Gasteiger partial charge on any atom is -0.496 e. The van der Waals surface area contributed by atoms with Crippen molar-refractivity contribution in [3.05, 3.63) is 47.8 Å². The maximum atomic E-state index is 12.4. The summed E-state index contributed by atoms with van der Waals surface area (Å²) in [5.41, 5.74) is 1.48. The van der Waals surface area contributed by atoms with Crippen LogP contribution in [0.4, 0.5) is 0 Å². The van der Waals surface area contributed by atoms with E-state index in [1.807, 2.05) is 47.0 Å². The smallest absolute Gasteiger partial charge is 0.276 e. The van der Waals surface area contributed by atoms with Gasteiger partial charge in [-0.1, -0.05) is 35.6 Å². The Labute approximate surface area is 163 Å². The lowest BCUT2D eigenvalue weighted by molar-refractivity contribution is 0.0766. The molecule has 1 saturated heterocycles. The van der Waals surface area contributed by atoms with Crippen LogP contribution in [0.25, 0.3) is 6.08 Å². The molecule has 0 bridgehead atoms. The lowest BCUT2D eigenvalue weighted by Gasteiger charge is -2.25. The molecule has 0 spiro atoms. The van der Waals surface area contributed by atoms with Crippen molar-refractivity contribution in [2.24, 2.45) is 0 Å². The molecule has 0 unspecified atom stereocenters. The number of nitrogens with zero attached hydrogens (tertiary/aromatic N) is 4. The first kappa shape index (κ1) is 19.4. The molecular weight excluding hydrogens is 362 g/mol. The molecule has 2 aromatic rings. The van der Waals surface area contributed by atoms with Gasteiger partial charge in [0.1, 0.15) is 5.75 Å². The van der Waals surface area contributed by atoms with E-state index in [1.54, 1.807) is 18.0 Å². The third kappa shape index (κ3) is 5.58. The molecule has 144 valence electrons. The molecule has 27 heavy (non-hydrogen) atoms. The number of hydrogen-bond donors (Lipinski definition) is 1. The second kappa shape index (κ2) is 10.1. The summed E-state index contributed by atoms with van der Waals surface area (Å²) >= 11 is 1.88. The Kier molecular flexibility index (Phi) is 7.29. The molecule has 1 aliphatic rings. The van der Waals surface area contributed by atoms with Gasteiger partial charge in [-0.2, -0.15) is 11.8 Å². The van der Waals surface area contributed by atoms with Crippen LogP contribution in [-0.2, 0) is 6.54 Å². The van der Waals surface area contributed by atoms with Gasteiger partial charge in [-0.25, -0.2) is 0 Å². The van der Waals surface area contributed by atoms with E-state index in [1.165, 1.54) is 0 Å². The lowest BCUT2D eigenvalue weighted by Crippen LogP contribution is -2.38. The van der Waals surface area contributed by atoms with Crippen LogP contribution >= 0.6 is 11.8 Å². The fraction of sp³-hybridized carbons (Fsp3) is 0.421. The van der Waals surface area contributed by atoms with Gasteiger partial charge in [0.15, 0.2) is 5.69 Å². The molecule has 1 amide bonds. The maximum Gasteiger partial charge on any atom is 0.276 e. The van der Waals surface area contributed by atoms with Crippen LogP contribution in [0.15, 0.2) is 36.5 Å². The Morgan fingerprint density at radius 3 is 2.96 bits per heavy atom. The van der Waals surface area contributed by atoms with Crippen LogP contribution in [0.3, 0.4) is 0 Å². The van der Waals surface area contributed by atoms with E-state index in [4.69, 9.17) is 4.74 Å². The van der Waals surface area contributed by atoms with Crippen molar-refractivity contribution in [2.45, 2.75) is 6.54 Å². The molecule has 7 nitrogen and oxygen atoms in total. The predicted molar refractivity (Wildman–Crippen MR) is 108 cm³/mol. The largest absolute Gasteiger partial charge is 0.496 e. The number of methoxy groups -OCH3 is 1. The number of carbonyl (C=O) groups excluding carboxylic acids is 1. The van der Waals surface area contributed by atoms with Gasteiger partial charge in [-0.05, 0) is 6.07 Å². The molecule has 1 aromatic heterocycles. The molecule has 1 aliphatic heterocycles. The summed E-state index contributed by atoms with van der Waals surface area (Å²) in [5, 5.41) is 11.4. The van der Waals surface area contributed by atoms with Crippen LogP contribution in [-0.4, -0.2) is 70.6 Å². The normalized spacial score (nSPS) is 14.6. The van der Waals surface area contributed by atoms with Crippen molar-refractivity contribution in [1.29, 1.82) is 0 Å². The Hall–Kier alpha value is -2.32. The van der Waals surface area contributed by atoms with E-state index in [-0.39, 0.29) is 5.91 Å². The molecule has 0 aliphatic carbocycles. The van der Waals surface area contributed by atoms with Crippen LogP contribution in [0.5, 0.6) is 5.75 Å². The molecule has 2 heterocycles. The van der Waals surface area contributed by atoms with Crippen LogP contribution in [0.1, 0.15) is 16.1 Å². The highest BCUT2D eigenvalue weighted by Gasteiger charge is 2.20. The SMILES string of the molecule is COc1ccccc1/C=C/CNCCn1cc(C(=O)N2CCSCC2)nn1. The number of thioether (sulfide) groups is 1. The zero-order valence-electron chi connectivity index (χ0n) is 15.5. The average Bonchev–Trinajstić information content (AvgIpc) is 3.20. The maximum absolute atomic E-state index is 12.4. The lowest BCUT2D eigenvalue weighted by atomic mass is 10.2. The predicted octanol–water partition coefficient (Wildman–Crippen LogP) is 1.78. The van der Waals surface area contributed by atoms with E-state index in [9.17, 15) is 4.79 Å². The standard InChI is InChI=1S/C19H25N5O2S/c1-26-18-7-3-2-5-16(18)6-4-8-20-9-10-24-15-17(21-22-24)19(25)23-11-13-27-14-12-23/h2-7,15,20H,8-14H2,1H3/b6-4+. The van der Waals surface area contributed by atoms with Crippen molar-refractivity contribution in [2.75, 3.05) is 44.8 Å². The fourth-order valence-electron chi connectivity index (χ4n) is 2.80. The third-order valence-electron chi connectivity index (χ3n) is 4.27. The van der Waals surface area contributed by atoms with Crippen molar-refractivity contribution < 1.29 is 9.53 Å².